The van der Waals surface area contributed by atoms with Gasteiger partial charge in [-0.2, -0.15) is 0 Å². The highest BCUT2D eigenvalue weighted by Crippen LogP contribution is 2.20. The van der Waals surface area contributed by atoms with Crippen molar-refractivity contribution >= 4 is 17.3 Å². The standard InChI is InChI=1S/C17H15N3O2/c21-17(11-19-14-4-2-1-3-5-14)20-15-8-6-13(7-9-15)16-10-18-12-22-16/h1-10,12,19H,11H2,(H,20,21). The van der Waals surface area contributed by atoms with E-state index in [1.165, 1.54) is 6.39 Å². The van der Waals surface area contributed by atoms with Crippen molar-refractivity contribution in [1.82, 2.24) is 4.98 Å². The molecule has 2 aromatic carbocycles. The topological polar surface area (TPSA) is 67.2 Å². The largest absolute Gasteiger partial charge is 0.444 e. The van der Waals surface area contributed by atoms with Crippen LogP contribution in [0.5, 0.6) is 0 Å². The van der Waals surface area contributed by atoms with Crippen LogP contribution < -0.4 is 10.6 Å². The first-order chi connectivity index (χ1) is 10.8. The van der Waals surface area contributed by atoms with Gasteiger partial charge in [-0.25, -0.2) is 4.98 Å². The predicted molar refractivity (Wildman–Crippen MR) is 85.5 cm³/mol. The highest BCUT2D eigenvalue weighted by Gasteiger charge is 2.04. The Morgan fingerprint density at radius 1 is 1.00 bits per heavy atom. The van der Waals surface area contributed by atoms with E-state index in [0.29, 0.717) is 5.76 Å². The maximum absolute atomic E-state index is 11.9. The van der Waals surface area contributed by atoms with Crippen LogP contribution in [0.3, 0.4) is 0 Å². The number of benzene rings is 2. The Labute approximate surface area is 128 Å². The third-order valence-corrected chi connectivity index (χ3v) is 3.11. The number of carbonyl (C=O) groups is 1. The van der Waals surface area contributed by atoms with Crippen LogP contribution in [-0.2, 0) is 4.79 Å². The van der Waals surface area contributed by atoms with E-state index in [2.05, 4.69) is 15.6 Å². The molecule has 1 heterocycles. The number of nitrogens with zero attached hydrogens (tertiary/aromatic N) is 1. The van der Waals surface area contributed by atoms with Gasteiger partial charge in [-0.3, -0.25) is 4.79 Å². The van der Waals surface area contributed by atoms with E-state index in [1.54, 1.807) is 6.20 Å². The first-order valence-corrected chi connectivity index (χ1v) is 6.89. The third kappa shape index (κ3) is 3.52. The molecular weight excluding hydrogens is 278 g/mol. The molecule has 5 heteroatoms. The summed E-state index contributed by atoms with van der Waals surface area (Å²) in [5.74, 6) is 0.597. The van der Waals surface area contributed by atoms with Gasteiger partial charge < -0.3 is 15.1 Å². The van der Waals surface area contributed by atoms with Crippen LogP contribution in [0.1, 0.15) is 0 Å². The van der Waals surface area contributed by atoms with Gasteiger partial charge in [0.25, 0.3) is 0 Å². The Bertz CT molecular complexity index is 722. The summed E-state index contributed by atoms with van der Waals surface area (Å²) in [6.45, 7) is 0.216. The lowest BCUT2D eigenvalue weighted by Gasteiger charge is -2.08. The van der Waals surface area contributed by atoms with Crippen LogP contribution in [0.2, 0.25) is 0 Å². The van der Waals surface area contributed by atoms with Gasteiger partial charge in [-0.05, 0) is 36.4 Å². The number of anilines is 2. The summed E-state index contributed by atoms with van der Waals surface area (Å²) >= 11 is 0. The Hall–Kier alpha value is -3.08. The highest BCUT2D eigenvalue weighted by atomic mass is 16.3. The SMILES string of the molecule is O=C(CNc1ccccc1)Nc1ccc(-c2cnco2)cc1. The second-order valence-electron chi connectivity index (χ2n) is 4.71. The summed E-state index contributed by atoms with van der Waals surface area (Å²) in [5.41, 5.74) is 2.57. The molecule has 0 aliphatic heterocycles. The van der Waals surface area contributed by atoms with E-state index in [0.717, 1.165) is 16.9 Å². The lowest BCUT2D eigenvalue weighted by molar-refractivity contribution is -0.114. The maximum Gasteiger partial charge on any atom is 0.243 e. The normalized spacial score (nSPS) is 10.2. The van der Waals surface area contributed by atoms with Crippen molar-refractivity contribution in [3.05, 3.63) is 67.2 Å². The zero-order chi connectivity index (χ0) is 15.2. The lowest BCUT2D eigenvalue weighted by atomic mass is 10.1. The molecule has 3 aromatic rings. The number of oxazole rings is 1. The van der Waals surface area contributed by atoms with E-state index in [4.69, 9.17) is 4.42 Å². The van der Waals surface area contributed by atoms with Crippen LogP contribution in [0.25, 0.3) is 11.3 Å². The fourth-order valence-corrected chi connectivity index (χ4v) is 2.02. The average molecular weight is 293 g/mol. The molecule has 0 saturated heterocycles. The van der Waals surface area contributed by atoms with E-state index < -0.39 is 0 Å². The molecule has 3 rings (SSSR count). The van der Waals surface area contributed by atoms with Gasteiger partial charge in [0.1, 0.15) is 0 Å². The maximum atomic E-state index is 11.9. The summed E-state index contributed by atoms with van der Waals surface area (Å²) in [6.07, 6.45) is 3.04. The van der Waals surface area contributed by atoms with Crippen LogP contribution in [-0.4, -0.2) is 17.4 Å². The summed E-state index contributed by atoms with van der Waals surface area (Å²) in [6, 6.07) is 17.0. The molecule has 0 radical (unpaired) electrons. The second kappa shape index (κ2) is 6.58. The molecule has 0 bridgehead atoms. The van der Waals surface area contributed by atoms with Crippen LogP contribution in [0.15, 0.2) is 71.6 Å². The number of para-hydroxylation sites is 1. The first-order valence-electron chi connectivity index (χ1n) is 6.89. The van der Waals surface area contributed by atoms with E-state index >= 15 is 0 Å². The molecule has 22 heavy (non-hydrogen) atoms. The minimum Gasteiger partial charge on any atom is -0.444 e. The number of rotatable bonds is 5. The third-order valence-electron chi connectivity index (χ3n) is 3.11. The fraction of sp³-hybridized carbons (Fsp3) is 0.0588. The highest BCUT2D eigenvalue weighted by molar-refractivity contribution is 5.93. The van der Waals surface area contributed by atoms with Crippen molar-refractivity contribution in [3.63, 3.8) is 0 Å². The monoisotopic (exact) mass is 293 g/mol. The number of aromatic nitrogens is 1. The Morgan fingerprint density at radius 2 is 1.77 bits per heavy atom. The average Bonchev–Trinajstić information content (AvgIpc) is 3.09. The smallest absolute Gasteiger partial charge is 0.243 e. The lowest BCUT2D eigenvalue weighted by Crippen LogP contribution is -2.21. The number of carbonyl (C=O) groups excluding carboxylic acids is 1. The van der Waals surface area contributed by atoms with E-state index in [-0.39, 0.29) is 12.5 Å². The van der Waals surface area contributed by atoms with Gasteiger partial charge in [-0.1, -0.05) is 18.2 Å². The Balaban J connectivity index is 1.55. The predicted octanol–water partition coefficient (Wildman–Crippen LogP) is 3.39. The van der Waals surface area contributed by atoms with Crippen molar-refractivity contribution in [3.8, 4) is 11.3 Å². The molecule has 1 amide bonds. The van der Waals surface area contributed by atoms with Gasteiger partial charge in [0.2, 0.25) is 5.91 Å². The Kier molecular flexibility index (Phi) is 4.15. The molecule has 5 nitrogen and oxygen atoms in total. The minimum atomic E-state index is -0.101. The van der Waals surface area contributed by atoms with Gasteiger partial charge in [-0.15, -0.1) is 0 Å². The van der Waals surface area contributed by atoms with Crippen molar-refractivity contribution in [2.24, 2.45) is 0 Å². The molecule has 110 valence electrons. The van der Waals surface area contributed by atoms with Crippen LogP contribution in [0.4, 0.5) is 11.4 Å². The zero-order valence-electron chi connectivity index (χ0n) is 11.8. The molecule has 0 saturated carbocycles. The van der Waals surface area contributed by atoms with Gasteiger partial charge in [0.05, 0.1) is 12.7 Å². The van der Waals surface area contributed by atoms with Crippen LogP contribution in [0, 0.1) is 0 Å². The van der Waals surface area contributed by atoms with Gasteiger partial charge in [0.15, 0.2) is 12.2 Å². The van der Waals surface area contributed by atoms with Gasteiger partial charge in [0, 0.05) is 16.9 Å². The van der Waals surface area contributed by atoms with Crippen molar-refractivity contribution in [1.29, 1.82) is 0 Å². The van der Waals surface area contributed by atoms with E-state index in [9.17, 15) is 4.79 Å². The summed E-state index contributed by atoms with van der Waals surface area (Å²) in [7, 11) is 0. The molecular formula is C17H15N3O2. The number of hydrogen-bond acceptors (Lipinski definition) is 4. The van der Waals surface area contributed by atoms with Crippen molar-refractivity contribution in [2.75, 3.05) is 17.2 Å². The number of amides is 1. The molecule has 0 spiro atoms. The molecule has 0 unspecified atom stereocenters. The quantitative estimate of drug-likeness (QED) is 0.756. The molecule has 0 atom stereocenters. The molecule has 0 aliphatic carbocycles. The molecule has 2 N–H and O–H groups in total. The first kappa shape index (κ1) is 13.9. The zero-order valence-corrected chi connectivity index (χ0v) is 11.8. The van der Waals surface area contributed by atoms with Crippen molar-refractivity contribution in [2.45, 2.75) is 0 Å². The minimum absolute atomic E-state index is 0.101. The Morgan fingerprint density at radius 3 is 2.45 bits per heavy atom. The molecule has 1 aromatic heterocycles. The number of nitrogens with one attached hydrogen (secondary N) is 2. The van der Waals surface area contributed by atoms with Crippen LogP contribution >= 0.6 is 0 Å². The summed E-state index contributed by atoms with van der Waals surface area (Å²) < 4.78 is 5.22. The molecule has 0 fully saturated rings. The second-order valence-corrected chi connectivity index (χ2v) is 4.71. The summed E-state index contributed by atoms with van der Waals surface area (Å²) in [4.78, 5) is 15.8. The van der Waals surface area contributed by atoms with Crippen molar-refractivity contribution < 1.29 is 9.21 Å². The number of hydrogen-bond donors (Lipinski definition) is 2. The van der Waals surface area contributed by atoms with E-state index in [1.807, 2.05) is 54.6 Å². The fourth-order valence-electron chi connectivity index (χ4n) is 2.02. The molecule has 0 aliphatic rings. The van der Waals surface area contributed by atoms with Gasteiger partial charge >= 0.3 is 0 Å². The summed E-state index contributed by atoms with van der Waals surface area (Å²) in [5, 5.41) is 5.90.